The minimum Gasteiger partial charge on any atom is -0.457 e. The number of carbonyl (C=O) groups excluding carboxylic acids is 2. The van der Waals surface area contributed by atoms with Crippen molar-refractivity contribution in [2.75, 3.05) is 18.0 Å². The van der Waals surface area contributed by atoms with Gasteiger partial charge in [-0.05, 0) is 24.3 Å². The summed E-state index contributed by atoms with van der Waals surface area (Å²) < 4.78 is 5.73. The molecule has 3 rings (SSSR count). The van der Waals surface area contributed by atoms with Gasteiger partial charge in [0.2, 0.25) is 11.8 Å². The normalized spacial score (nSPS) is 14.8. The molecule has 2 aromatic rings. The third-order valence-electron chi connectivity index (χ3n) is 3.15. The van der Waals surface area contributed by atoms with Crippen LogP contribution in [0.2, 0.25) is 0 Å². The fraction of sp³-hybridized carbons (Fsp3) is 0.125. The van der Waals surface area contributed by atoms with E-state index in [1.54, 1.807) is 18.2 Å². The molecule has 5 nitrogen and oxygen atoms in total. The van der Waals surface area contributed by atoms with Crippen molar-refractivity contribution in [3.63, 3.8) is 0 Å². The van der Waals surface area contributed by atoms with Gasteiger partial charge in [-0.15, -0.1) is 0 Å². The molecule has 0 atom stereocenters. The van der Waals surface area contributed by atoms with Crippen molar-refractivity contribution in [3.05, 3.63) is 54.6 Å². The number of carbonyl (C=O) groups is 2. The third-order valence-corrected chi connectivity index (χ3v) is 3.15. The molecule has 21 heavy (non-hydrogen) atoms. The Bertz CT molecular complexity index is 670. The van der Waals surface area contributed by atoms with E-state index in [2.05, 4.69) is 5.32 Å². The highest BCUT2D eigenvalue weighted by molar-refractivity contribution is 6.04. The number of nitrogens with zero attached hydrogens (tertiary/aromatic N) is 1. The molecule has 2 amide bonds. The number of hydrogen-bond donors (Lipinski definition) is 1. The van der Waals surface area contributed by atoms with Gasteiger partial charge in [-0.1, -0.05) is 24.3 Å². The van der Waals surface area contributed by atoms with Gasteiger partial charge in [0.05, 0.1) is 6.54 Å². The van der Waals surface area contributed by atoms with Gasteiger partial charge in [-0.3, -0.25) is 9.59 Å². The highest BCUT2D eigenvalue weighted by Crippen LogP contribution is 2.26. The summed E-state index contributed by atoms with van der Waals surface area (Å²) >= 11 is 0. The predicted octanol–water partition coefficient (Wildman–Crippen LogP) is 1.94. The average molecular weight is 282 g/mol. The lowest BCUT2D eigenvalue weighted by atomic mass is 10.2. The molecule has 1 N–H and O–H groups in total. The molecule has 0 radical (unpaired) electrons. The number of nitrogens with one attached hydrogen (secondary N) is 1. The first kappa shape index (κ1) is 13.2. The summed E-state index contributed by atoms with van der Waals surface area (Å²) in [5.41, 5.74) is 0.656. The van der Waals surface area contributed by atoms with Crippen molar-refractivity contribution < 1.29 is 14.3 Å². The minimum absolute atomic E-state index is 0.0304. The summed E-state index contributed by atoms with van der Waals surface area (Å²) in [5, 5.41) is 2.52. The number of benzene rings is 2. The maximum absolute atomic E-state index is 11.9. The van der Waals surface area contributed by atoms with E-state index in [1.807, 2.05) is 36.4 Å². The van der Waals surface area contributed by atoms with Gasteiger partial charge in [0.25, 0.3) is 0 Å². The van der Waals surface area contributed by atoms with E-state index >= 15 is 0 Å². The molecule has 0 aromatic heterocycles. The lowest BCUT2D eigenvalue weighted by Gasteiger charge is -2.26. The molecule has 0 unspecified atom stereocenters. The van der Waals surface area contributed by atoms with E-state index in [0.29, 0.717) is 11.4 Å². The Kier molecular flexibility index (Phi) is 3.55. The number of amides is 2. The smallest absolute Gasteiger partial charge is 0.246 e. The first-order valence-electron chi connectivity index (χ1n) is 6.62. The maximum atomic E-state index is 11.9. The minimum atomic E-state index is -0.163. The lowest BCUT2D eigenvalue weighted by molar-refractivity contribution is -0.128. The summed E-state index contributed by atoms with van der Waals surface area (Å²) in [4.78, 5) is 24.8. The second kappa shape index (κ2) is 5.66. The van der Waals surface area contributed by atoms with E-state index < -0.39 is 0 Å². The van der Waals surface area contributed by atoms with Crippen LogP contribution in [0.1, 0.15) is 0 Å². The number of rotatable bonds is 3. The molecule has 2 aromatic carbocycles. The molecule has 1 aliphatic heterocycles. The van der Waals surface area contributed by atoms with Crippen molar-refractivity contribution >= 4 is 17.5 Å². The molecule has 106 valence electrons. The number of anilines is 1. The molecule has 1 heterocycles. The van der Waals surface area contributed by atoms with Gasteiger partial charge >= 0.3 is 0 Å². The largest absolute Gasteiger partial charge is 0.457 e. The van der Waals surface area contributed by atoms with Gasteiger partial charge < -0.3 is 15.0 Å². The van der Waals surface area contributed by atoms with Gasteiger partial charge in [0, 0.05) is 11.8 Å². The topological polar surface area (TPSA) is 58.6 Å². The number of ether oxygens (including phenoxy) is 1. The Balaban J connectivity index is 1.82. The second-order valence-electron chi connectivity index (χ2n) is 4.67. The van der Waals surface area contributed by atoms with Crippen molar-refractivity contribution in [1.29, 1.82) is 0 Å². The predicted molar refractivity (Wildman–Crippen MR) is 78.3 cm³/mol. The van der Waals surface area contributed by atoms with Crippen LogP contribution in [0.3, 0.4) is 0 Å². The van der Waals surface area contributed by atoms with E-state index in [4.69, 9.17) is 4.74 Å². The van der Waals surface area contributed by atoms with Gasteiger partial charge in [-0.2, -0.15) is 0 Å². The third kappa shape index (κ3) is 3.02. The molecule has 1 fully saturated rings. The fourth-order valence-electron chi connectivity index (χ4n) is 2.13. The Morgan fingerprint density at radius 1 is 0.952 bits per heavy atom. The molecule has 0 spiro atoms. The molecule has 1 saturated heterocycles. The zero-order valence-electron chi connectivity index (χ0n) is 11.3. The Labute approximate surface area is 122 Å². The standard InChI is InChI=1S/C16H14N2O3/c19-15-11-18(16(20)10-17-15)12-5-4-8-14(9-12)21-13-6-2-1-3-7-13/h1-9H,10-11H2,(H,17,19). The van der Waals surface area contributed by atoms with Crippen LogP contribution in [-0.2, 0) is 9.59 Å². The molecular weight excluding hydrogens is 268 g/mol. The maximum Gasteiger partial charge on any atom is 0.246 e. The molecular formula is C16H14N2O3. The van der Waals surface area contributed by atoms with Gasteiger partial charge in [-0.25, -0.2) is 0 Å². The van der Waals surface area contributed by atoms with E-state index in [-0.39, 0.29) is 24.9 Å². The first-order valence-corrected chi connectivity index (χ1v) is 6.62. The van der Waals surface area contributed by atoms with E-state index in [0.717, 1.165) is 5.75 Å². The second-order valence-corrected chi connectivity index (χ2v) is 4.67. The first-order chi connectivity index (χ1) is 10.2. The number of hydrogen-bond acceptors (Lipinski definition) is 3. The van der Waals surface area contributed by atoms with E-state index in [1.165, 1.54) is 4.90 Å². The zero-order chi connectivity index (χ0) is 14.7. The van der Waals surface area contributed by atoms with Crippen molar-refractivity contribution in [3.8, 4) is 11.5 Å². The van der Waals surface area contributed by atoms with E-state index in [9.17, 15) is 9.59 Å². The van der Waals surface area contributed by atoms with Crippen LogP contribution in [0.25, 0.3) is 0 Å². The fourth-order valence-corrected chi connectivity index (χ4v) is 2.13. The summed E-state index contributed by atoms with van der Waals surface area (Å²) in [6.45, 7) is 0.0657. The highest BCUT2D eigenvalue weighted by Gasteiger charge is 2.24. The van der Waals surface area contributed by atoms with Crippen LogP contribution in [0.15, 0.2) is 54.6 Å². The van der Waals surface area contributed by atoms with Crippen molar-refractivity contribution in [2.45, 2.75) is 0 Å². The number of piperazine rings is 1. The SMILES string of the molecule is O=C1CN(c2cccc(Oc3ccccc3)c2)C(=O)CN1. The van der Waals surface area contributed by atoms with Crippen LogP contribution in [-0.4, -0.2) is 24.9 Å². The van der Waals surface area contributed by atoms with Crippen LogP contribution in [0.4, 0.5) is 5.69 Å². The molecule has 1 aliphatic rings. The van der Waals surface area contributed by atoms with Crippen LogP contribution < -0.4 is 15.0 Å². The molecule has 5 heteroatoms. The van der Waals surface area contributed by atoms with Crippen LogP contribution in [0, 0.1) is 0 Å². The van der Waals surface area contributed by atoms with Gasteiger partial charge in [0.1, 0.15) is 18.0 Å². The van der Waals surface area contributed by atoms with Crippen molar-refractivity contribution in [2.24, 2.45) is 0 Å². The summed E-state index contributed by atoms with van der Waals surface area (Å²) in [6.07, 6.45) is 0. The quantitative estimate of drug-likeness (QED) is 0.936. The van der Waals surface area contributed by atoms with Crippen molar-refractivity contribution in [1.82, 2.24) is 5.32 Å². The average Bonchev–Trinajstić information content (AvgIpc) is 2.51. The highest BCUT2D eigenvalue weighted by atomic mass is 16.5. The summed E-state index contributed by atoms with van der Waals surface area (Å²) in [6, 6.07) is 16.5. The Hall–Kier alpha value is -2.82. The molecule has 0 aliphatic carbocycles. The Morgan fingerprint density at radius 2 is 1.71 bits per heavy atom. The van der Waals surface area contributed by atoms with Gasteiger partial charge in [0.15, 0.2) is 0 Å². The summed E-state index contributed by atoms with van der Waals surface area (Å²) in [7, 11) is 0. The van der Waals surface area contributed by atoms with Crippen LogP contribution in [0.5, 0.6) is 11.5 Å². The lowest BCUT2D eigenvalue weighted by Crippen LogP contribution is -2.51. The Morgan fingerprint density at radius 3 is 2.52 bits per heavy atom. The summed E-state index contributed by atoms with van der Waals surface area (Å²) in [5.74, 6) is 1.05. The molecule has 0 saturated carbocycles. The molecule has 0 bridgehead atoms. The van der Waals surface area contributed by atoms with Crippen LogP contribution >= 0.6 is 0 Å². The monoisotopic (exact) mass is 282 g/mol. The number of para-hydroxylation sites is 1. The zero-order valence-corrected chi connectivity index (χ0v) is 11.3.